The van der Waals surface area contributed by atoms with Crippen LogP contribution in [0.3, 0.4) is 0 Å². The first-order valence-corrected chi connectivity index (χ1v) is 9.93. The Morgan fingerprint density at radius 1 is 1.28 bits per heavy atom. The van der Waals surface area contributed by atoms with Gasteiger partial charge in [-0.2, -0.15) is 0 Å². The number of carbonyl (C=O) groups excluding carboxylic acids is 1. The van der Waals surface area contributed by atoms with Gasteiger partial charge < -0.3 is 20.1 Å². The lowest BCUT2D eigenvalue weighted by molar-refractivity contribution is -0.182. The van der Waals surface area contributed by atoms with E-state index in [1.165, 1.54) is 25.7 Å². The Kier molecular flexibility index (Phi) is 7.56. The van der Waals surface area contributed by atoms with Crippen LogP contribution in [0, 0.1) is 5.41 Å². The van der Waals surface area contributed by atoms with Gasteiger partial charge in [-0.15, -0.1) is 12.4 Å². The van der Waals surface area contributed by atoms with Gasteiger partial charge in [0.05, 0.1) is 12.2 Å². The third-order valence-electron chi connectivity index (χ3n) is 6.41. The van der Waals surface area contributed by atoms with Crippen LogP contribution in [0.25, 0.3) is 0 Å². The molecule has 3 aliphatic rings. The molecule has 1 saturated heterocycles. The summed E-state index contributed by atoms with van der Waals surface area (Å²) in [7, 11) is 0. The van der Waals surface area contributed by atoms with Gasteiger partial charge in [0.15, 0.2) is 0 Å². The molecule has 1 heterocycles. The van der Waals surface area contributed by atoms with Crippen LogP contribution in [-0.4, -0.2) is 54.9 Å². The van der Waals surface area contributed by atoms with Gasteiger partial charge in [0, 0.05) is 31.2 Å². The Bertz CT molecular complexity index is 442. The highest BCUT2D eigenvalue weighted by atomic mass is 35.5. The van der Waals surface area contributed by atoms with Crippen LogP contribution in [0.1, 0.15) is 65.2 Å². The summed E-state index contributed by atoms with van der Waals surface area (Å²) in [6.45, 7) is 6.34. The van der Waals surface area contributed by atoms with E-state index in [1.807, 2.05) is 0 Å². The molecule has 2 saturated carbocycles. The first-order chi connectivity index (χ1) is 11.7. The fraction of sp³-hybridized carbons (Fsp3) is 0.947. The van der Waals surface area contributed by atoms with Crippen molar-refractivity contribution in [2.75, 3.05) is 19.7 Å². The average Bonchev–Trinajstić information content (AvgIpc) is 3.26. The van der Waals surface area contributed by atoms with Crippen LogP contribution in [-0.2, 0) is 14.3 Å². The topological polar surface area (TPSA) is 64.8 Å². The standard InChI is InChI=1S/C19H34N2O3.ClH/c1-3-11-21(18(22)15-8-7-14(13-20)24-15)16-12-17(23-4-2)19(16)9-5-6-10-19;/h14-17H,3-13,20H2,1-2H3;1H/t14-,15+,16?,17?;/m1./s1. The second-order valence-corrected chi connectivity index (χ2v) is 7.73. The molecule has 0 aromatic rings. The molecule has 2 aliphatic carbocycles. The summed E-state index contributed by atoms with van der Waals surface area (Å²) >= 11 is 0. The molecule has 0 aromatic carbocycles. The molecule has 1 spiro atoms. The van der Waals surface area contributed by atoms with E-state index in [2.05, 4.69) is 18.7 Å². The molecule has 0 radical (unpaired) electrons. The summed E-state index contributed by atoms with van der Waals surface area (Å²) in [5, 5.41) is 0. The van der Waals surface area contributed by atoms with E-state index in [-0.39, 0.29) is 35.9 Å². The molecule has 3 fully saturated rings. The third kappa shape index (κ3) is 3.85. The van der Waals surface area contributed by atoms with Crippen molar-refractivity contribution in [3.8, 4) is 0 Å². The normalized spacial score (nSPS) is 33.1. The van der Waals surface area contributed by atoms with Gasteiger partial charge in [-0.3, -0.25) is 4.79 Å². The van der Waals surface area contributed by atoms with Gasteiger partial charge in [-0.25, -0.2) is 0 Å². The minimum absolute atomic E-state index is 0. The Morgan fingerprint density at radius 2 is 2.00 bits per heavy atom. The number of nitrogens with zero attached hydrogens (tertiary/aromatic N) is 1. The summed E-state index contributed by atoms with van der Waals surface area (Å²) in [5.74, 6) is 0.194. The number of carbonyl (C=O) groups is 1. The van der Waals surface area contributed by atoms with E-state index in [4.69, 9.17) is 15.2 Å². The van der Waals surface area contributed by atoms with Crippen LogP contribution in [0.2, 0.25) is 0 Å². The third-order valence-corrected chi connectivity index (χ3v) is 6.41. The van der Waals surface area contributed by atoms with Crippen molar-refractivity contribution in [1.29, 1.82) is 0 Å². The minimum atomic E-state index is -0.283. The van der Waals surface area contributed by atoms with E-state index in [1.54, 1.807) is 0 Å². The van der Waals surface area contributed by atoms with Gasteiger partial charge in [0.1, 0.15) is 6.10 Å². The number of hydrogen-bond acceptors (Lipinski definition) is 4. The number of amides is 1. The number of rotatable bonds is 7. The predicted octanol–water partition coefficient (Wildman–Crippen LogP) is 2.89. The number of hydrogen-bond donors (Lipinski definition) is 1. The molecule has 2 N–H and O–H groups in total. The molecule has 1 amide bonds. The summed E-state index contributed by atoms with van der Waals surface area (Å²) in [6.07, 6.45) is 8.75. The van der Waals surface area contributed by atoms with E-state index >= 15 is 0 Å². The number of ether oxygens (including phenoxy) is 2. The van der Waals surface area contributed by atoms with Gasteiger partial charge in [0.2, 0.25) is 0 Å². The SMILES string of the molecule is CCCN(C(=O)[C@@H]1CC[C@H](CN)O1)C1CC(OCC)C12CCCC2.Cl. The number of halogens is 1. The summed E-state index contributed by atoms with van der Waals surface area (Å²) < 4.78 is 11.9. The lowest BCUT2D eigenvalue weighted by Crippen LogP contribution is -2.66. The Balaban J connectivity index is 0.00000225. The maximum absolute atomic E-state index is 13.2. The highest BCUT2D eigenvalue weighted by molar-refractivity contribution is 5.85. The van der Waals surface area contributed by atoms with Gasteiger partial charge in [-0.05, 0) is 45.4 Å². The summed E-state index contributed by atoms with van der Waals surface area (Å²) in [5.41, 5.74) is 5.91. The molecule has 0 bridgehead atoms. The van der Waals surface area contributed by atoms with Crippen LogP contribution < -0.4 is 5.73 Å². The van der Waals surface area contributed by atoms with Crippen molar-refractivity contribution in [2.45, 2.75) is 89.6 Å². The van der Waals surface area contributed by atoms with Crippen LogP contribution in [0.4, 0.5) is 0 Å². The maximum Gasteiger partial charge on any atom is 0.251 e. The zero-order chi connectivity index (χ0) is 17.2. The quantitative estimate of drug-likeness (QED) is 0.744. The second kappa shape index (κ2) is 9.03. The summed E-state index contributed by atoms with van der Waals surface area (Å²) in [4.78, 5) is 15.3. The van der Waals surface area contributed by atoms with Crippen molar-refractivity contribution in [3.05, 3.63) is 0 Å². The fourth-order valence-electron chi connectivity index (χ4n) is 5.19. The molecule has 146 valence electrons. The molecule has 3 rings (SSSR count). The molecule has 2 unspecified atom stereocenters. The van der Waals surface area contributed by atoms with E-state index in [9.17, 15) is 4.79 Å². The van der Waals surface area contributed by atoms with E-state index in [0.29, 0.717) is 18.7 Å². The molecular weight excluding hydrogens is 340 g/mol. The second-order valence-electron chi connectivity index (χ2n) is 7.73. The van der Waals surface area contributed by atoms with Crippen LogP contribution >= 0.6 is 12.4 Å². The zero-order valence-electron chi connectivity index (χ0n) is 15.7. The molecule has 6 heteroatoms. The molecular formula is C19H35ClN2O3. The molecule has 0 aromatic heterocycles. The van der Waals surface area contributed by atoms with Crippen molar-refractivity contribution in [2.24, 2.45) is 11.1 Å². The van der Waals surface area contributed by atoms with Crippen molar-refractivity contribution >= 4 is 18.3 Å². The maximum atomic E-state index is 13.2. The number of nitrogens with two attached hydrogens (primary N) is 1. The average molecular weight is 375 g/mol. The van der Waals surface area contributed by atoms with Crippen molar-refractivity contribution in [3.63, 3.8) is 0 Å². The first kappa shape index (κ1) is 20.9. The predicted molar refractivity (Wildman–Crippen MR) is 101 cm³/mol. The van der Waals surface area contributed by atoms with Crippen LogP contribution in [0.5, 0.6) is 0 Å². The molecule has 25 heavy (non-hydrogen) atoms. The highest BCUT2D eigenvalue weighted by Gasteiger charge is 2.59. The zero-order valence-corrected chi connectivity index (χ0v) is 16.6. The fourth-order valence-corrected chi connectivity index (χ4v) is 5.19. The summed E-state index contributed by atoms with van der Waals surface area (Å²) in [6, 6.07) is 0.338. The van der Waals surface area contributed by atoms with Gasteiger partial charge in [-0.1, -0.05) is 19.8 Å². The van der Waals surface area contributed by atoms with Crippen molar-refractivity contribution < 1.29 is 14.3 Å². The monoisotopic (exact) mass is 374 g/mol. The first-order valence-electron chi connectivity index (χ1n) is 9.93. The largest absolute Gasteiger partial charge is 0.378 e. The van der Waals surface area contributed by atoms with Crippen LogP contribution in [0.15, 0.2) is 0 Å². The Hall–Kier alpha value is -0.360. The smallest absolute Gasteiger partial charge is 0.251 e. The lowest BCUT2D eigenvalue weighted by Gasteiger charge is -2.58. The minimum Gasteiger partial charge on any atom is -0.378 e. The lowest BCUT2D eigenvalue weighted by atomic mass is 9.59. The Morgan fingerprint density at radius 3 is 2.56 bits per heavy atom. The van der Waals surface area contributed by atoms with E-state index in [0.717, 1.165) is 38.8 Å². The van der Waals surface area contributed by atoms with Gasteiger partial charge >= 0.3 is 0 Å². The van der Waals surface area contributed by atoms with Gasteiger partial charge in [0.25, 0.3) is 5.91 Å². The molecule has 4 atom stereocenters. The van der Waals surface area contributed by atoms with E-state index < -0.39 is 0 Å². The Labute approximate surface area is 158 Å². The molecule has 5 nitrogen and oxygen atoms in total. The highest BCUT2D eigenvalue weighted by Crippen LogP contribution is 2.56. The van der Waals surface area contributed by atoms with Crippen molar-refractivity contribution in [1.82, 2.24) is 4.90 Å². The molecule has 1 aliphatic heterocycles.